The Morgan fingerprint density at radius 3 is 2.53 bits per heavy atom. The maximum absolute atomic E-state index is 13.5. The normalized spacial score (nSPS) is 20.6. The molecule has 0 aliphatic carbocycles. The fourth-order valence-corrected chi connectivity index (χ4v) is 5.94. The molecule has 1 unspecified atom stereocenters. The molecule has 2 saturated heterocycles. The van der Waals surface area contributed by atoms with Gasteiger partial charge in [-0.1, -0.05) is 13.3 Å². The van der Waals surface area contributed by atoms with Crippen LogP contribution in [-0.4, -0.2) is 75.2 Å². The molecule has 4 heterocycles. The molecule has 1 aromatic carbocycles. The highest BCUT2D eigenvalue weighted by Crippen LogP contribution is 2.49. The van der Waals surface area contributed by atoms with Gasteiger partial charge in [-0.05, 0) is 49.4 Å². The number of urea groups is 1. The monoisotopic (exact) mass is 522 g/mol. The van der Waals surface area contributed by atoms with E-state index in [4.69, 9.17) is 0 Å². The highest BCUT2D eigenvalue weighted by atomic mass is 16.3. The Morgan fingerprint density at radius 1 is 1.13 bits per heavy atom. The fraction of sp³-hybridized carbons (Fsp3) is 0.462. The second-order valence-electron chi connectivity index (χ2n) is 10.1. The first-order valence-electron chi connectivity index (χ1n) is 12.7. The molecule has 3 aliphatic rings. The predicted molar refractivity (Wildman–Crippen MR) is 139 cm³/mol. The smallest absolute Gasteiger partial charge is 0.332 e. The molecule has 5 rings (SSSR count). The number of aromatic amines is 1. The summed E-state index contributed by atoms with van der Waals surface area (Å²) in [4.78, 5) is 74.7. The topological polar surface area (TPSA) is 148 Å². The van der Waals surface area contributed by atoms with E-state index in [0.29, 0.717) is 25.1 Å². The van der Waals surface area contributed by atoms with E-state index in [1.807, 2.05) is 13.0 Å². The standard InChI is InChI=1S/C26H30N6O6/c1-4-5-10-32-21(34)17(20(33)28-24(32)37)14-27-16-8-9-18-15(12-16)13-26(19-7-6-11-31(18)19)22(35)29(2)25(38)30(3)23(26)36/h8-9,12,14,19,34H,4-7,10-11,13H2,1-3H3,(H,28,33,37). The van der Waals surface area contributed by atoms with Crippen LogP contribution in [0.1, 0.15) is 43.7 Å². The Labute approximate surface area is 218 Å². The van der Waals surface area contributed by atoms with Crippen molar-refractivity contribution < 1.29 is 19.5 Å². The van der Waals surface area contributed by atoms with Crippen LogP contribution in [0.5, 0.6) is 5.88 Å². The second-order valence-corrected chi connectivity index (χ2v) is 10.1. The summed E-state index contributed by atoms with van der Waals surface area (Å²) in [5.41, 5.74) is -0.949. The second kappa shape index (κ2) is 9.26. The summed E-state index contributed by atoms with van der Waals surface area (Å²) in [6.45, 7) is 2.87. The summed E-state index contributed by atoms with van der Waals surface area (Å²) in [5, 5.41) is 10.6. The lowest BCUT2D eigenvalue weighted by atomic mass is 9.68. The molecule has 38 heavy (non-hydrogen) atoms. The molecule has 12 nitrogen and oxygen atoms in total. The van der Waals surface area contributed by atoms with Crippen molar-refractivity contribution >= 4 is 35.4 Å². The van der Waals surface area contributed by atoms with Crippen LogP contribution < -0.4 is 16.1 Å². The number of aromatic hydroxyl groups is 1. The number of nitrogens with one attached hydrogen (secondary N) is 1. The number of anilines is 1. The van der Waals surface area contributed by atoms with Crippen LogP contribution in [0.25, 0.3) is 0 Å². The Balaban J connectivity index is 1.54. The zero-order valence-corrected chi connectivity index (χ0v) is 21.6. The van der Waals surface area contributed by atoms with Crippen molar-refractivity contribution in [2.24, 2.45) is 10.4 Å². The molecule has 1 atom stereocenters. The van der Waals surface area contributed by atoms with Crippen LogP contribution >= 0.6 is 0 Å². The van der Waals surface area contributed by atoms with Crippen molar-refractivity contribution in [2.75, 3.05) is 25.5 Å². The van der Waals surface area contributed by atoms with E-state index < -0.39 is 40.4 Å². The van der Waals surface area contributed by atoms with E-state index in [0.717, 1.165) is 38.5 Å². The van der Waals surface area contributed by atoms with Gasteiger partial charge in [0.05, 0.1) is 11.7 Å². The highest BCUT2D eigenvalue weighted by Gasteiger charge is 2.63. The van der Waals surface area contributed by atoms with E-state index in [9.17, 15) is 29.1 Å². The Kier molecular flexibility index (Phi) is 6.20. The number of aromatic nitrogens is 2. The van der Waals surface area contributed by atoms with Crippen LogP contribution in [0.3, 0.4) is 0 Å². The van der Waals surface area contributed by atoms with Gasteiger partial charge in [0.15, 0.2) is 5.41 Å². The van der Waals surface area contributed by atoms with Crippen molar-refractivity contribution in [3.05, 3.63) is 50.2 Å². The van der Waals surface area contributed by atoms with Gasteiger partial charge in [-0.2, -0.15) is 0 Å². The van der Waals surface area contributed by atoms with Crippen molar-refractivity contribution in [3.8, 4) is 5.88 Å². The number of benzene rings is 1. The number of amides is 4. The Bertz CT molecular complexity index is 1470. The third-order valence-electron chi connectivity index (χ3n) is 7.89. The van der Waals surface area contributed by atoms with Crippen LogP contribution in [0.2, 0.25) is 0 Å². The van der Waals surface area contributed by atoms with E-state index in [-0.39, 0.29) is 24.6 Å². The maximum Gasteiger partial charge on any atom is 0.332 e. The molecule has 2 fully saturated rings. The average Bonchev–Trinajstić information content (AvgIpc) is 3.40. The van der Waals surface area contributed by atoms with Crippen molar-refractivity contribution in [2.45, 2.75) is 51.6 Å². The lowest BCUT2D eigenvalue weighted by molar-refractivity contribution is -0.159. The van der Waals surface area contributed by atoms with Gasteiger partial charge in [0, 0.05) is 39.1 Å². The Morgan fingerprint density at radius 2 is 1.84 bits per heavy atom. The number of carbonyl (C=O) groups is 3. The SMILES string of the molecule is CCCCn1c(O)c(C=Nc2ccc3c(c2)CC2(C(=O)N(C)C(=O)N(C)C2=O)C2CCCN32)c(=O)[nH]c1=O. The lowest BCUT2D eigenvalue weighted by Gasteiger charge is -2.50. The molecule has 0 radical (unpaired) electrons. The number of imide groups is 2. The fourth-order valence-electron chi connectivity index (χ4n) is 5.94. The van der Waals surface area contributed by atoms with Gasteiger partial charge >= 0.3 is 11.7 Å². The zero-order valence-electron chi connectivity index (χ0n) is 21.6. The average molecular weight is 523 g/mol. The third kappa shape index (κ3) is 3.65. The number of hydrogen-bond donors (Lipinski definition) is 2. The van der Waals surface area contributed by atoms with E-state index >= 15 is 0 Å². The molecule has 2 aromatic rings. The van der Waals surface area contributed by atoms with Gasteiger partial charge in [0.2, 0.25) is 17.7 Å². The number of rotatable bonds is 5. The molecule has 2 N–H and O–H groups in total. The number of H-pyrrole nitrogens is 1. The highest BCUT2D eigenvalue weighted by molar-refractivity contribution is 6.20. The number of fused-ring (bicyclic) bond motifs is 4. The van der Waals surface area contributed by atoms with Crippen molar-refractivity contribution in [1.29, 1.82) is 0 Å². The molecule has 0 saturated carbocycles. The van der Waals surface area contributed by atoms with Crippen molar-refractivity contribution in [1.82, 2.24) is 19.4 Å². The molecule has 3 aliphatic heterocycles. The van der Waals surface area contributed by atoms with Crippen LogP contribution in [0.15, 0.2) is 32.8 Å². The lowest BCUT2D eigenvalue weighted by Crippen LogP contribution is -2.70. The van der Waals surface area contributed by atoms with Gasteiger partial charge in [-0.15, -0.1) is 0 Å². The predicted octanol–water partition coefficient (Wildman–Crippen LogP) is 1.35. The number of hydrogen-bond acceptors (Lipinski definition) is 8. The molecule has 4 amide bonds. The number of barbiturate groups is 1. The number of carbonyl (C=O) groups excluding carboxylic acids is 3. The van der Waals surface area contributed by atoms with Crippen LogP contribution in [0, 0.1) is 5.41 Å². The largest absolute Gasteiger partial charge is 0.494 e. The maximum atomic E-state index is 13.5. The molecule has 12 heteroatoms. The molecule has 200 valence electrons. The third-order valence-corrected chi connectivity index (χ3v) is 7.89. The molecular weight excluding hydrogens is 492 g/mol. The quantitative estimate of drug-likeness (QED) is 0.445. The summed E-state index contributed by atoms with van der Waals surface area (Å²) < 4.78 is 1.10. The summed E-state index contributed by atoms with van der Waals surface area (Å²) >= 11 is 0. The van der Waals surface area contributed by atoms with Gasteiger partial charge in [0.25, 0.3) is 5.56 Å². The van der Waals surface area contributed by atoms with Gasteiger partial charge in [-0.25, -0.2) is 9.59 Å². The van der Waals surface area contributed by atoms with Crippen LogP contribution in [0.4, 0.5) is 16.2 Å². The van der Waals surface area contributed by atoms with E-state index in [2.05, 4.69) is 14.9 Å². The van der Waals surface area contributed by atoms with E-state index in [1.54, 1.807) is 12.1 Å². The number of nitrogens with zero attached hydrogens (tertiary/aromatic N) is 5. The first kappa shape index (κ1) is 25.4. The summed E-state index contributed by atoms with van der Waals surface area (Å²) in [6, 6.07) is 4.37. The molecular formula is C26H30N6O6. The molecule has 0 bridgehead atoms. The summed E-state index contributed by atoms with van der Waals surface area (Å²) in [5.74, 6) is -1.47. The summed E-state index contributed by atoms with van der Waals surface area (Å²) in [7, 11) is 2.80. The first-order chi connectivity index (χ1) is 18.1. The number of unbranched alkanes of at least 4 members (excludes halogenated alkanes) is 1. The minimum atomic E-state index is -1.42. The minimum absolute atomic E-state index is 0.111. The summed E-state index contributed by atoms with van der Waals surface area (Å²) in [6.07, 6.45) is 4.22. The minimum Gasteiger partial charge on any atom is -0.494 e. The van der Waals surface area contributed by atoms with Crippen LogP contribution in [-0.2, 0) is 22.6 Å². The molecule has 1 aromatic heterocycles. The first-order valence-corrected chi connectivity index (χ1v) is 12.7. The van der Waals surface area contributed by atoms with Crippen molar-refractivity contribution in [3.63, 3.8) is 0 Å². The van der Waals surface area contributed by atoms with Gasteiger partial charge in [-0.3, -0.25) is 38.7 Å². The van der Waals surface area contributed by atoms with E-state index in [1.165, 1.54) is 20.3 Å². The zero-order chi connectivity index (χ0) is 27.4. The van der Waals surface area contributed by atoms with Gasteiger partial charge < -0.3 is 10.0 Å². The molecule has 1 spiro atoms. The van der Waals surface area contributed by atoms with Gasteiger partial charge in [0.1, 0.15) is 5.56 Å². The number of aliphatic imine (C=N–C) groups is 1. The Hall–Kier alpha value is -4.22.